The summed E-state index contributed by atoms with van der Waals surface area (Å²) in [5.74, 6) is 0.102. The van der Waals surface area contributed by atoms with E-state index in [9.17, 15) is 13.2 Å². The number of rotatable bonds is 10. The first-order chi connectivity index (χ1) is 13.3. The summed E-state index contributed by atoms with van der Waals surface area (Å²) in [6.07, 6.45) is 0. The molecule has 0 aliphatic rings. The van der Waals surface area contributed by atoms with Crippen molar-refractivity contribution in [3.8, 4) is 5.75 Å². The fraction of sp³-hybridized carbons (Fsp3) is 0.316. The average molecular weight is 427 g/mol. The molecule has 0 saturated heterocycles. The number of methoxy groups -OCH3 is 1. The van der Waals surface area contributed by atoms with E-state index in [1.807, 2.05) is 19.1 Å². The number of benzene rings is 2. The zero-order valence-electron chi connectivity index (χ0n) is 15.6. The molecule has 2 rings (SSSR count). The SMILES string of the molecule is COCCNS(=O)(=O)c1ccc(OCC(=O)N[C@@H](C)c2ccc(Cl)cc2)cc1. The topological polar surface area (TPSA) is 93.7 Å². The van der Waals surface area contributed by atoms with Crippen LogP contribution < -0.4 is 14.8 Å². The molecule has 2 aromatic carbocycles. The summed E-state index contributed by atoms with van der Waals surface area (Å²) in [6.45, 7) is 2.14. The Kier molecular flexibility index (Phi) is 8.25. The van der Waals surface area contributed by atoms with Crippen LogP contribution in [0.4, 0.5) is 0 Å². The lowest BCUT2D eigenvalue weighted by atomic mass is 10.1. The van der Waals surface area contributed by atoms with Gasteiger partial charge in [-0.2, -0.15) is 0 Å². The Balaban J connectivity index is 1.85. The monoisotopic (exact) mass is 426 g/mol. The zero-order valence-corrected chi connectivity index (χ0v) is 17.2. The lowest BCUT2D eigenvalue weighted by Gasteiger charge is -2.15. The molecular formula is C19H23ClN2O5S. The van der Waals surface area contributed by atoms with Crippen molar-refractivity contribution in [1.29, 1.82) is 0 Å². The molecule has 7 nitrogen and oxygen atoms in total. The molecule has 0 aromatic heterocycles. The molecular weight excluding hydrogens is 404 g/mol. The first-order valence-corrected chi connectivity index (χ1v) is 10.4. The van der Waals surface area contributed by atoms with Gasteiger partial charge < -0.3 is 14.8 Å². The van der Waals surface area contributed by atoms with Crippen LogP contribution in [0.1, 0.15) is 18.5 Å². The number of hydrogen-bond donors (Lipinski definition) is 2. The third-order valence-corrected chi connectivity index (χ3v) is 5.58. The van der Waals surface area contributed by atoms with Crippen molar-refractivity contribution >= 4 is 27.5 Å². The van der Waals surface area contributed by atoms with Crippen LogP contribution in [0.15, 0.2) is 53.4 Å². The molecule has 0 spiro atoms. The summed E-state index contributed by atoms with van der Waals surface area (Å²) in [5, 5.41) is 3.46. The fourth-order valence-electron chi connectivity index (χ4n) is 2.34. The van der Waals surface area contributed by atoms with Gasteiger partial charge in [0.2, 0.25) is 10.0 Å². The predicted octanol–water partition coefficient (Wildman–Crippen LogP) is 2.52. The first-order valence-electron chi connectivity index (χ1n) is 8.58. The molecule has 1 amide bonds. The van der Waals surface area contributed by atoms with E-state index in [0.717, 1.165) is 5.56 Å². The van der Waals surface area contributed by atoms with Gasteiger partial charge in [0.1, 0.15) is 5.75 Å². The van der Waals surface area contributed by atoms with Crippen molar-refractivity contribution in [2.45, 2.75) is 17.9 Å². The second-order valence-corrected chi connectivity index (χ2v) is 8.19. The van der Waals surface area contributed by atoms with Crippen molar-refractivity contribution in [2.75, 3.05) is 26.9 Å². The molecule has 1 atom stereocenters. The summed E-state index contributed by atoms with van der Waals surface area (Å²) < 4.78 is 36.8. The van der Waals surface area contributed by atoms with Gasteiger partial charge in [-0.05, 0) is 48.9 Å². The summed E-state index contributed by atoms with van der Waals surface area (Å²) in [5.41, 5.74) is 0.924. The zero-order chi connectivity index (χ0) is 20.6. The minimum atomic E-state index is -3.60. The predicted molar refractivity (Wildman–Crippen MR) is 107 cm³/mol. The lowest BCUT2D eigenvalue weighted by Crippen LogP contribution is -2.31. The second kappa shape index (κ2) is 10.4. The van der Waals surface area contributed by atoms with Crippen molar-refractivity contribution < 1.29 is 22.7 Å². The van der Waals surface area contributed by atoms with Crippen LogP contribution in [-0.2, 0) is 19.6 Å². The van der Waals surface area contributed by atoms with Gasteiger partial charge in [0, 0.05) is 18.7 Å². The van der Waals surface area contributed by atoms with E-state index in [1.165, 1.54) is 31.4 Å². The highest BCUT2D eigenvalue weighted by molar-refractivity contribution is 7.89. The third-order valence-electron chi connectivity index (χ3n) is 3.85. The van der Waals surface area contributed by atoms with Crippen LogP contribution in [-0.4, -0.2) is 41.2 Å². The largest absolute Gasteiger partial charge is 0.484 e. The van der Waals surface area contributed by atoms with Crippen molar-refractivity contribution in [3.63, 3.8) is 0 Å². The number of carbonyl (C=O) groups is 1. The molecule has 2 aromatic rings. The Morgan fingerprint density at radius 1 is 1.11 bits per heavy atom. The van der Waals surface area contributed by atoms with Gasteiger partial charge in [0.15, 0.2) is 6.61 Å². The van der Waals surface area contributed by atoms with Crippen LogP contribution >= 0.6 is 11.6 Å². The van der Waals surface area contributed by atoms with Crippen LogP contribution in [0.25, 0.3) is 0 Å². The molecule has 0 aliphatic carbocycles. The van der Waals surface area contributed by atoms with Crippen LogP contribution in [0, 0.1) is 0 Å². The fourth-order valence-corrected chi connectivity index (χ4v) is 3.48. The Labute approximate surface area is 170 Å². The number of ether oxygens (including phenoxy) is 2. The molecule has 0 radical (unpaired) electrons. The van der Waals surface area contributed by atoms with E-state index in [2.05, 4.69) is 10.0 Å². The summed E-state index contributed by atoms with van der Waals surface area (Å²) >= 11 is 5.86. The maximum atomic E-state index is 12.1. The van der Waals surface area contributed by atoms with E-state index in [4.69, 9.17) is 21.1 Å². The number of hydrogen-bond acceptors (Lipinski definition) is 5. The van der Waals surface area contributed by atoms with E-state index in [1.54, 1.807) is 12.1 Å². The van der Waals surface area contributed by atoms with E-state index >= 15 is 0 Å². The highest BCUT2D eigenvalue weighted by Crippen LogP contribution is 2.17. The van der Waals surface area contributed by atoms with Crippen LogP contribution in [0.3, 0.4) is 0 Å². The quantitative estimate of drug-likeness (QED) is 0.569. The van der Waals surface area contributed by atoms with Crippen LogP contribution in [0.5, 0.6) is 5.75 Å². The Morgan fingerprint density at radius 3 is 2.36 bits per heavy atom. The molecule has 152 valence electrons. The lowest BCUT2D eigenvalue weighted by molar-refractivity contribution is -0.123. The van der Waals surface area contributed by atoms with Gasteiger partial charge in [-0.15, -0.1) is 0 Å². The Bertz CT molecular complexity index is 870. The van der Waals surface area contributed by atoms with Gasteiger partial charge in [-0.25, -0.2) is 13.1 Å². The summed E-state index contributed by atoms with van der Waals surface area (Å²) in [4.78, 5) is 12.2. The summed E-state index contributed by atoms with van der Waals surface area (Å²) in [7, 11) is -2.11. The smallest absolute Gasteiger partial charge is 0.258 e. The molecule has 0 bridgehead atoms. The minimum Gasteiger partial charge on any atom is -0.484 e. The van der Waals surface area contributed by atoms with Crippen molar-refractivity contribution in [3.05, 3.63) is 59.1 Å². The van der Waals surface area contributed by atoms with Gasteiger partial charge in [0.25, 0.3) is 5.91 Å². The Hall–Kier alpha value is -2.13. The van der Waals surface area contributed by atoms with Crippen molar-refractivity contribution in [2.24, 2.45) is 0 Å². The van der Waals surface area contributed by atoms with Crippen LogP contribution in [0.2, 0.25) is 5.02 Å². The molecule has 0 heterocycles. The first kappa shape index (κ1) is 22.2. The van der Waals surface area contributed by atoms with E-state index < -0.39 is 10.0 Å². The Morgan fingerprint density at radius 2 is 1.75 bits per heavy atom. The van der Waals surface area contributed by atoms with E-state index in [-0.39, 0.29) is 36.6 Å². The standard InChI is InChI=1S/C19H23ClN2O5S/c1-14(15-3-5-16(20)6-4-15)22-19(23)13-27-17-7-9-18(10-8-17)28(24,25)21-11-12-26-2/h3-10,14,21H,11-13H2,1-2H3,(H,22,23)/t14-/m0/s1. The molecule has 28 heavy (non-hydrogen) atoms. The normalized spacial score (nSPS) is 12.4. The highest BCUT2D eigenvalue weighted by atomic mass is 35.5. The maximum Gasteiger partial charge on any atom is 0.258 e. The number of carbonyl (C=O) groups excluding carboxylic acids is 1. The minimum absolute atomic E-state index is 0.108. The summed E-state index contributed by atoms with van der Waals surface area (Å²) in [6, 6.07) is 12.8. The molecule has 0 unspecified atom stereocenters. The van der Waals surface area contributed by atoms with Gasteiger partial charge in [0.05, 0.1) is 17.5 Å². The molecule has 0 aliphatic heterocycles. The average Bonchev–Trinajstić information content (AvgIpc) is 2.67. The molecule has 2 N–H and O–H groups in total. The number of halogens is 1. The second-order valence-electron chi connectivity index (χ2n) is 5.99. The number of nitrogens with one attached hydrogen (secondary N) is 2. The number of sulfonamides is 1. The maximum absolute atomic E-state index is 12.1. The number of amides is 1. The molecule has 0 saturated carbocycles. The molecule has 0 fully saturated rings. The van der Waals surface area contributed by atoms with Gasteiger partial charge in [-0.1, -0.05) is 23.7 Å². The van der Waals surface area contributed by atoms with E-state index in [0.29, 0.717) is 10.8 Å². The van der Waals surface area contributed by atoms with Gasteiger partial charge >= 0.3 is 0 Å². The van der Waals surface area contributed by atoms with Gasteiger partial charge in [-0.3, -0.25) is 4.79 Å². The molecule has 9 heteroatoms. The van der Waals surface area contributed by atoms with Crippen molar-refractivity contribution in [1.82, 2.24) is 10.0 Å². The highest BCUT2D eigenvalue weighted by Gasteiger charge is 2.14. The third kappa shape index (κ3) is 6.79.